The second-order valence-corrected chi connectivity index (χ2v) is 6.06. The van der Waals surface area contributed by atoms with Crippen LogP contribution in [0.3, 0.4) is 0 Å². The first-order valence-electron chi connectivity index (χ1n) is 6.28. The van der Waals surface area contributed by atoms with E-state index in [1.54, 1.807) is 0 Å². The molecule has 1 aromatic carbocycles. The molecule has 0 saturated carbocycles. The SMILES string of the molecule is C=CCc1cccc2c1CC(C)(C)C(C)(C)O2. The van der Waals surface area contributed by atoms with Crippen molar-refractivity contribution < 1.29 is 4.74 Å². The molecule has 0 unspecified atom stereocenters. The molecule has 0 radical (unpaired) electrons. The maximum absolute atomic E-state index is 6.19. The van der Waals surface area contributed by atoms with Gasteiger partial charge in [-0.25, -0.2) is 0 Å². The normalized spacial score (nSPS) is 20.2. The van der Waals surface area contributed by atoms with Crippen molar-refractivity contribution in [3.8, 4) is 5.75 Å². The van der Waals surface area contributed by atoms with Gasteiger partial charge in [0, 0.05) is 5.41 Å². The van der Waals surface area contributed by atoms with Crippen LogP contribution in [0.2, 0.25) is 0 Å². The highest BCUT2D eigenvalue weighted by Crippen LogP contribution is 2.45. The predicted octanol–water partition coefficient (Wildman–Crippen LogP) is 4.15. The summed E-state index contributed by atoms with van der Waals surface area (Å²) in [7, 11) is 0. The van der Waals surface area contributed by atoms with Crippen LogP contribution in [0.25, 0.3) is 0 Å². The van der Waals surface area contributed by atoms with Crippen LogP contribution in [0, 0.1) is 5.41 Å². The second-order valence-electron chi connectivity index (χ2n) is 6.06. The third-order valence-electron chi connectivity index (χ3n) is 4.21. The topological polar surface area (TPSA) is 9.23 Å². The fraction of sp³-hybridized carbons (Fsp3) is 0.500. The molecule has 1 heteroatoms. The van der Waals surface area contributed by atoms with Crippen LogP contribution in [-0.2, 0) is 12.8 Å². The molecule has 1 aliphatic heterocycles. The second kappa shape index (κ2) is 3.90. The van der Waals surface area contributed by atoms with E-state index in [4.69, 9.17) is 4.74 Å². The van der Waals surface area contributed by atoms with E-state index < -0.39 is 0 Å². The smallest absolute Gasteiger partial charge is 0.123 e. The lowest BCUT2D eigenvalue weighted by Crippen LogP contribution is -2.48. The first-order valence-corrected chi connectivity index (χ1v) is 6.28. The van der Waals surface area contributed by atoms with Gasteiger partial charge in [-0.15, -0.1) is 6.58 Å². The Morgan fingerprint density at radius 1 is 1.29 bits per heavy atom. The Balaban J connectivity index is 2.49. The summed E-state index contributed by atoms with van der Waals surface area (Å²) in [6.07, 6.45) is 3.95. The summed E-state index contributed by atoms with van der Waals surface area (Å²) in [5.74, 6) is 1.05. The van der Waals surface area contributed by atoms with Crippen molar-refractivity contribution in [1.29, 1.82) is 0 Å². The van der Waals surface area contributed by atoms with Crippen molar-refractivity contribution in [2.75, 3.05) is 0 Å². The van der Waals surface area contributed by atoms with Gasteiger partial charge < -0.3 is 4.74 Å². The molecule has 17 heavy (non-hydrogen) atoms. The van der Waals surface area contributed by atoms with Crippen LogP contribution >= 0.6 is 0 Å². The van der Waals surface area contributed by atoms with Gasteiger partial charge in [-0.2, -0.15) is 0 Å². The molecule has 1 aliphatic rings. The summed E-state index contributed by atoms with van der Waals surface area (Å²) < 4.78 is 6.19. The van der Waals surface area contributed by atoms with Crippen molar-refractivity contribution in [1.82, 2.24) is 0 Å². The summed E-state index contributed by atoms with van der Waals surface area (Å²) in [6.45, 7) is 12.7. The number of hydrogen-bond donors (Lipinski definition) is 0. The van der Waals surface area contributed by atoms with Gasteiger partial charge >= 0.3 is 0 Å². The monoisotopic (exact) mass is 230 g/mol. The molecule has 92 valence electrons. The van der Waals surface area contributed by atoms with Crippen molar-refractivity contribution in [2.45, 2.75) is 46.1 Å². The highest BCUT2D eigenvalue weighted by atomic mass is 16.5. The lowest BCUT2D eigenvalue weighted by atomic mass is 9.70. The lowest BCUT2D eigenvalue weighted by Gasteiger charge is -2.46. The molecule has 0 aromatic heterocycles. The molecule has 0 atom stereocenters. The van der Waals surface area contributed by atoms with E-state index in [-0.39, 0.29) is 11.0 Å². The van der Waals surface area contributed by atoms with Crippen molar-refractivity contribution in [2.24, 2.45) is 5.41 Å². The molecular weight excluding hydrogens is 208 g/mol. The van der Waals surface area contributed by atoms with E-state index in [0.717, 1.165) is 18.6 Å². The number of fused-ring (bicyclic) bond motifs is 1. The Kier molecular flexibility index (Phi) is 2.81. The average molecular weight is 230 g/mol. The van der Waals surface area contributed by atoms with Crippen LogP contribution in [0.15, 0.2) is 30.9 Å². The van der Waals surface area contributed by atoms with Gasteiger partial charge in [0.25, 0.3) is 0 Å². The molecule has 1 aromatic rings. The third kappa shape index (κ3) is 1.99. The van der Waals surface area contributed by atoms with Crippen LogP contribution in [0.4, 0.5) is 0 Å². The molecule has 0 N–H and O–H groups in total. The highest BCUT2D eigenvalue weighted by molar-refractivity contribution is 5.44. The molecule has 0 spiro atoms. The molecule has 0 fully saturated rings. The van der Waals surface area contributed by atoms with E-state index in [1.807, 2.05) is 6.08 Å². The largest absolute Gasteiger partial charge is 0.487 e. The number of rotatable bonds is 2. The van der Waals surface area contributed by atoms with Gasteiger partial charge in [-0.1, -0.05) is 32.1 Å². The minimum atomic E-state index is -0.118. The molecule has 0 aliphatic carbocycles. The van der Waals surface area contributed by atoms with E-state index in [1.165, 1.54) is 11.1 Å². The number of benzene rings is 1. The molecule has 0 bridgehead atoms. The number of ether oxygens (including phenoxy) is 1. The Morgan fingerprint density at radius 3 is 2.65 bits per heavy atom. The fourth-order valence-electron chi connectivity index (χ4n) is 2.32. The standard InChI is InChI=1S/C16H22O/c1-6-8-12-9-7-10-14-13(12)11-15(2,3)16(4,5)17-14/h6-7,9-10H,1,8,11H2,2-5H3. The van der Waals surface area contributed by atoms with Gasteiger partial charge in [0.1, 0.15) is 11.4 Å². The molecule has 0 amide bonds. The van der Waals surface area contributed by atoms with Gasteiger partial charge in [0.05, 0.1) is 0 Å². The molecule has 0 saturated heterocycles. The van der Waals surface area contributed by atoms with Crippen LogP contribution in [0.5, 0.6) is 5.75 Å². The zero-order chi connectivity index (χ0) is 12.7. The number of allylic oxidation sites excluding steroid dienone is 1. The van der Waals surface area contributed by atoms with Gasteiger partial charge in [0.2, 0.25) is 0 Å². The summed E-state index contributed by atoms with van der Waals surface area (Å²) in [6, 6.07) is 6.34. The van der Waals surface area contributed by atoms with Crippen LogP contribution in [-0.4, -0.2) is 5.60 Å². The third-order valence-corrected chi connectivity index (χ3v) is 4.21. The summed E-state index contributed by atoms with van der Waals surface area (Å²) in [5, 5.41) is 0. The molecule has 2 rings (SSSR count). The first-order chi connectivity index (χ1) is 7.87. The Labute approximate surface area is 104 Å². The van der Waals surface area contributed by atoms with Gasteiger partial charge in [-0.05, 0) is 43.9 Å². The highest BCUT2D eigenvalue weighted by Gasteiger charge is 2.43. The average Bonchev–Trinajstić information content (AvgIpc) is 2.21. The van der Waals surface area contributed by atoms with E-state index in [0.29, 0.717) is 0 Å². The Bertz CT molecular complexity index is 441. The zero-order valence-corrected chi connectivity index (χ0v) is 11.3. The first kappa shape index (κ1) is 12.2. The van der Waals surface area contributed by atoms with Crippen LogP contribution in [0.1, 0.15) is 38.8 Å². The minimum absolute atomic E-state index is 0.118. The maximum atomic E-state index is 6.19. The summed E-state index contributed by atoms with van der Waals surface area (Å²) in [5.41, 5.74) is 2.74. The molecular formula is C16H22O. The summed E-state index contributed by atoms with van der Waals surface area (Å²) >= 11 is 0. The van der Waals surface area contributed by atoms with Crippen molar-refractivity contribution >= 4 is 0 Å². The Morgan fingerprint density at radius 2 is 2.00 bits per heavy atom. The minimum Gasteiger partial charge on any atom is -0.487 e. The van der Waals surface area contributed by atoms with Gasteiger partial charge in [0.15, 0.2) is 0 Å². The van der Waals surface area contributed by atoms with E-state index in [9.17, 15) is 0 Å². The maximum Gasteiger partial charge on any atom is 0.123 e. The Hall–Kier alpha value is -1.24. The van der Waals surface area contributed by atoms with Crippen molar-refractivity contribution in [3.63, 3.8) is 0 Å². The number of hydrogen-bond acceptors (Lipinski definition) is 1. The van der Waals surface area contributed by atoms with E-state index >= 15 is 0 Å². The van der Waals surface area contributed by atoms with Crippen molar-refractivity contribution in [3.05, 3.63) is 42.0 Å². The van der Waals surface area contributed by atoms with E-state index in [2.05, 4.69) is 52.5 Å². The van der Waals surface area contributed by atoms with Gasteiger partial charge in [-0.3, -0.25) is 0 Å². The molecule has 1 nitrogen and oxygen atoms in total. The fourth-order valence-corrected chi connectivity index (χ4v) is 2.32. The summed E-state index contributed by atoms with van der Waals surface area (Å²) in [4.78, 5) is 0. The zero-order valence-electron chi connectivity index (χ0n) is 11.3. The molecule has 1 heterocycles. The van der Waals surface area contributed by atoms with Crippen LogP contribution < -0.4 is 4.74 Å². The predicted molar refractivity (Wildman–Crippen MR) is 72.5 cm³/mol. The lowest BCUT2D eigenvalue weighted by molar-refractivity contribution is -0.0272. The quantitative estimate of drug-likeness (QED) is 0.693.